The first-order valence-electron chi connectivity index (χ1n) is 13.8. The zero-order valence-corrected chi connectivity index (χ0v) is 21.7. The molecule has 3 aromatic rings. The molecule has 1 N–H and O–H groups in total. The van der Waals surface area contributed by atoms with E-state index in [1.807, 2.05) is 41.3 Å². The molecule has 6 rings (SSSR count). The number of hydrogen-bond donors (Lipinski definition) is 1. The van der Waals surface area contributed by atoms with Crippen LogP contribution in [0.25, 0.3) is 22.4 Å². The van der Waals surface area contributed by atoms with E-state index in [-0.39, 0.29) is 17.5 Å². The normalized spacial score (nSPS) is 21.5. The summed E-state index contributed by atoms with van der Waals surface area (Å²) in [6.45, 7) is 6.56. The molecule has 0 unspecified atom stereocenters. The quantitative estimate of drug-likeness (QED) is 0.567. The van der Waals surface area contributed by atoms with E-state index in [4.69, 9.17) is 4.52 Å². The molecule has 37 heavy (non-hydrogen) atoms. The number of carbonyl (C=O) groups is 1. The van der Waals surface area contributed by atoms with Gasteiger partial charge in [-0.15, -0.1) is 0 Å². The van der Waals surface area contributed by atoms with E-state index in [0.29, 0.717) is 30.5 Å². The Kier molecular flexibility index (Phi) is 6.82. The van der Waals surface area contributed by atoms with E-state index in [1.165, 1.54) is 25.7 Å². The van der Waals surface area contributed by atoms with Crippen molar-refractivity contribution in [3.63, 3.8) is 0 Å². The number of carbonyl (C=O) groups excluding carboxylic acids is 1. The number of benzene rings is 1. The summed E-state index contributed by atoms with van der Waals surface area (Å²) >= 11 is 0. The van der Waals surface area contributed by atoms with Crippen LogP contribution in [0.15, 0.2) is 40.9 Å². The molecule has 2 aromatic heterocycles. The van der Waals surface area contributed by atoms with Crippen LogP contribution in [-0.4, -0.2) is 94.3 Å². The number of aromatic nitrogens is 3. The Morgan fingerprint density at radius 1 is 1.00 bits per heavy atom. The number of likely N-dealkylation sites (N-methyl/N-ethyl adjacent to an activating group) is 1. The third-order valence-electron chi connectivity index (χ3n) is 8.68. The molecule has 1 aromatic carbocycles. The van der Waals surface area contributed by atoms with Gasteiger partial charge in [0.1, 0.15) is 5.69 Å². The number of piperazine rings is 1. The van der Waals surface area contributed by atoms with Crippen molar-refractivity contribution in [2.24, 2.45) is 0 Å². The number of urea groups is 1. The zero-order valence-electron chi connectivity index (χ0n) is 21.7. The van der Waals surface area contributed by atoms with Gasteiger partial charge in [0.15, 0.2) is 0 Å². The highest BCUT2D eigenvalue weighted by Gasteiger charge is 2.41. The Bertz CT molecular complexity index is 1220. The average Bonchev–Trinajstić information content (AvgIpc) is 3.63. The molecule has 9 heteroatoms. The van der Waals surface area contributed by atoms with E-state index >= 15 is 0 Å². The van der Waals surface area contributed by atoms with Crippen molar-refractivity contribution in [2.45, 2.75) is 50.0 Å². The minimum absolute atomic E-state index is 0.0606. The van der Waals surface area contributed by atoms with Crippen LogP contribution in [0.4, 0.5) is 4.79 Å². The molecule has 4 heterocycles. The van der Waals surface area contributed by atoms with Crippen LogP contribution >= 0.6 is 0 Å². The number of nitrogens with one attached hydrogen (secondary N) is 1. The predicted octanol–water partition coefficient (Wildman–Crippen LogP) is 3.73. The first kappa shape index (κ1) is 24.3. The summed E-state index contributed by atoms with van der Waals surface area (Å²) < 4.78 is 5.64. The van der Waals surface area contributed by atoms with Crippen LogP contribution in [0.3, 0.4) is 0 Å². The number of amides is 2. The minimum Gasteiger partial charge on any atom is -0.339 e. The number of fused-ring (bicyclic) bond motifs is 1. The Morgan fingerprint density at radius 2 is 1.76 bits per heavy atom. The Hall–Kier alpha value is -3.04. The highest BCUT2D eigenvalue weighted by molar-refractivity contribution is 5.80. The van der Waals surface area contributed by atoms with Gasteiger partial charge in [0, 0.05) is 62.7 Å². The van der Waals surface area contributed by atoms with Crippen molar-refractivity contribution in [3.05, 3.63) is 42.3 Å². The van der Waals surface area contributed by atoms with Crippen LogP contribution < -0.4 is 5.32 Å². The van der Waals surface area contributed by atoms with E-state index in [2.05, 4.69) is 37.3 Å². The molecular formula is C28H37N7O2. The molecule has 3 fully saturated rings. The average molecular weight is 504 g/mol. The number of pyridine rings is 1. The number of rotatable bonds is 5. The monoisotopic (exact) mass is 503 g/mol. The molecule has 196 valence electrons. The van der Waals surface area contributed by atoms with Crippen molar-refractivity contribution < 1.29 is 9.32 Å². The number of para-hydroxylation sites is 1. The Morgan fingerprint density at radius 3 is 2.54 bits per heavy atom. The van der Waals surface area contributed by atoms with Crippen LogP contribution in [0, 0.1) is 0 Å². The van der Waals surface area contributed by atoms with E-state index < -0.39 is 0 Å². The second-order valence-corrected chi connectivity index (χ2v) is 11.0. The lowest BCUT2D eigenvalue weighted by Gasteiger charge is -2.46. The molecule has 0 bridgehead atoms. The molecule has 2 saturated heterocycles. The van der Waals surface area contributed by atoms with Gasteiger partial charge in [-0.05, 0) is 44.9 Å². The minimum atomic E-state index is 0.0606. The van der Waals surface area contributed by atoms with Crippen molar-refractivity contribution in [1.29, 1.82) is 0 Å². The Labute approximate surface area is 218 Å². The van der Waals surface area contributed by atoms with Crippen molar-refractivity contribution in [1.82, 2.24) is 35.1 Å². The molecule has 0 atom stereocenters. The third-order valence-corrected chi connectivity index (χ3v) is 8.68. The molecule has 0 radical (unpaired) electrons. The van der Waals surface area contributed by atoms with Crippen LogP contribution in [0.5, 0.6) is 0 Å². The van der Waals surface area contributed by atoms with E-state index in [9.17, 15) is 4.79 Å². The highest BCUT2D eigenvalue weighted by Crippen LogP contribution is 2.36. The van der Waals surface area contributed by atoms with Gasteiger partial charge in [-0.25, -0.2) is 9.78 Å². The molecular weight excluding hydrogens is 466 g/mol. The summed E-state index contributed by atoms with van der Waals surface area (Å²) in [5, 5.41) is 8.60. The van der Waals surface area contributed by atoms with Gasteiger partial charge in [0.25, 0.3) is 0 Å². The lowest BCUT2D eigenvalue weighted by atomic mass is 9.93. The van der Waals surface area contributed by atoms with Gasteiger partial charge in [0.05, 0.1) is 5.52 Å². The largest absolute Gasteiger partial charge is 0.339 e. The highest BCUT2D eigenvalue weighted by atomic mass is 16.5. The van der Waals surface area contributed by atoms with Crippen molar-refractivity contribution in [3.8, 4) is 11.5 Å². The van der Waals surface area contributed by atoms with Gasteiger partial charge in [0.2, 0.25) is 11.7 Å². The second kappa shape index (κ2) is 10.4. The fourth-order valence-electron chi connectivity index (χ4n) is 6.30. The molecule has 1 saturated carbocycles. The molecule has 9 nitrogen and oxygen atoms in total. The van der Waals surface area contributed by atoms with Crippen molar-refractivity contribution >= 4 is 16.9 Å². The van der Waals surface area contributed by atoms with Crippen LogP contribution in [0.2, 0.25) is 0 Å². The number of nitrogens with zero attached hydrogens (tertiary/aromatic N) is 6. The van der Waals surface area contributed by atoms with Gasteiger partial charge < -0.3 is 19.6 Å². The van der Waals surface area contributed by atoms with Crippen LogP contribution in [-0.2, 0) is 0 Å². The smallest absolute Gasteiger partial charge is 0.317 e. The molecule has 2 aliphatic heterocycles. The first-order valence-corrected chi connectivity index (χ1v) is 13.8. The maximum absolute atomic E-state index is 13.1. The fraction of sp³-hybridized carbons (Fsp3) is 0.571. The summed E-state index contributed by atoms with van der Waals surface area (Å²) in [5.41, 5.74) is 1.76. The van der Waals surface area contributed by atoms with Crippen molar-refractivity contribution in [2.75, 3.05) is 52.9 Å². The second-order valence-electron chi connectivity index (χ2n) is 11.0. The molecule has 1 aliphatic carbocycles. The van der Waals surface area contributed by atoms with Gasteiger partial charge in [-0.2, -0.15) is 4.98 Å². The van der Waals surface area contributed by atoms with E-state index in [1.54, 1.807) is 0 Å². The maximum atomic E-state index is 13.1. The predicted molar refractivity (Wildman–Crippen MR) is 142 cm³/mol. The number of likely N-dealkylation sites (tertiary alicyclic amines) is 1. The zero-order chi connectivity index (χ0) is 25.2. The van der Waals surface area contributed by atoms with Gasteiger partial charge in [-0.3, -0.25) is 4.90 Å². The molecule has 0 spiro atoms. The first-order chi connectivity index (χ1) is 18.1. The standard InChI is InChI=1S/C28H37N7O2/c1-33-16-18-35(19-17-33)28(12-4-5-13-28)20-29-27(36)34-14-10-22(11-15-34)26-31-25(32-37-26)24-9-8-21-6-2-3-7-23(21)30-24/h2-3,6-9,22H,4-5,10-20H2,1H3,(H,29,36). The summed E-state index contributed by atoms with van der Waals surface area (Å²) in [5.74, 6) is 1.33. The van der Waals surface area contributed by atoms with Crippen LogP contribution in [0.1, 0.15) is 50.3 Å². The topological polar surface area (TPSA) is 90.6 Å². The van der Waals surface area contributed by atoms with Gasteiger partial charge in [-0.1, -0.05) is 42.3 Å². The molecule has 3 aliphatic rings. The molecule has 2 amide bonds. The fourth-order valence-corrected chi connectivity index (χ4v) is 6.30. The number of piperidine rings is 1. The lowest BCUT2D eigenvalue weighted by Crippen LogP contribution is -2.60. The third kappa shape index (κ3) is 5.07. The summed E-state index contributed by atoms with van der Waals surface area (Å²) in [6, 6.07) is 12.0. The summed E-state index contributed by atoms with van der Waals surface area (Å²) in [7, 11) is 2.19. The lowest BCUT2D eigenvalue weighted by molar-refractivity contribution is 0.0431. The summed E-state index contributed by atoms with van der Waals surface area (Å²) in [4.78, 5) is 29.4. The SMILES string of the molecule is CN1CCN(C2(CNC(=O)N3CCC(c4nc(-c5ccc6ccccc6n5)no4)CC3)CCCC2)CC1. The number of hydrogen-bond acceptors (Lipinski definition) is 7. The maximum Gasteiger partial charge on any atom is 0.317 e. The van der Waals surface area contributed by atoms with E-state index in [0.717, 1.165) is 56.5 Å². The van der Waals surface area contributed by atoms with Gasteiger partial charge >= 0.3 is 6.03 Å². The Balaban J connectivity index is 1.03. The summed E-state index contributed by atoms with van der Waals surface area (Å²) in [6.07, 6.45) is 6.53.